The molecule has 0 aliphatic heterocycles. The van der Waals surface area contributed by atoms with E-state index in [0.717, 1.165) is 25.7 Å². The fourth-order valence-electron chi connectivity index (χ4n) is 3.24. The van der Waals surface area contributed by atoms with Gasteiger partial charge in [-0.05, 0) is 44.9 Å². The molecule has 0 aliphatic rings. The molecule has 0 rings (SSSR count). The van der Waals surface area contributed by atoms with Gasteiger partial charge < -0.3 is 5.11 Å². The lowest BCUT2D eigenvalue weighted by Gasteiger charge is -1.99. The molecule has 0 aliphatic carbocycles. The Morgan fingerprint density at radius 3 is 1.43 bits per heavy atom. The van der Waals surface area contributed by atoms with Gasteiger partial charge in [0.15, 0.2) is 0 Å². The smallest absolute Gasteiger partial charge is 0.303 e. The normalized spacial score (nSPS) is 12.0. The predicted octanol–water partition coefficient (Wildman–Crippen LogP) is 8.78. The van der Waals surface area contributed by atoms with E-state index in [1.165, 1.54) is 83.5 Å². The predicted molar refractivity (Wildman–Crippen MR) is 124 cm³/mol. The minimum Gasteiger partial charge on any atom is -0.481 e. The molecule has 0 saturated heterocycles. The summed E-state index contributed by atoms with van der Waals surface area (Å²) in [4.78, 5) is 10.4. The molecule has 0 aromatic carbocycles. The summed E-state index contributed by atoms with van der Waals surface area (Å²) in [6.07, 6.45) is 35.1. The lowest BCUT2D eigenvalue weighted by Crippen LogP contribution is -1.93. The first-order valence-electron chi connectivity index (χ1n) is 11.9. The van der Waals surface area contributed by atoms with E-state index in [-0.39, 0.29) is 0 Å². The van der Waals surface area contributed by atoms with Crippen molar-refractivity contribution in [1.82, 2.24) is 0 Å². The Hall–Kier alpha value is -1.31. The minimum atomic E-state index is -0.668. The van der Waals surface area contributed by atoms with Gasteiger partial charge in [0.25, 0.3) is 0 Å². The molecule has 0 aromatic heterocycles. The lowest BCUT2D eigenvalue weighted by molar-refractivity contribution is -0.137. The molecule has 0 bridgehead atoms. The molecule has 0 unspecified atom stereocenters. The first-order chi connectivity index (χ1) is 13.8. The average molecular weight is 391 g/mol. The molecule has 0 spiro atoms. The van der Waals surface area contributed by atoms with Crippen molar-refractivity contribution in [3.05, 3.63) is 36.5 Å². The molecule has 162 valence electrons. The third kappa shape index (κ3) is 24.7. The van der Waals surface area contributed by atoms with Crippen molar-refractivity contribution >= 4 is 5.97 Å². The molecule has 0 saturated carbocycles. The Labute approximate surface area is 175 Å². The first-order valence-corrected chi connectivity index (χ1v) is 11.9. The second-order valence-corrected chi connectivity index (χ2v) is 7.85. The summed E-state index contributed by atoms with van der Waals surface area (Å²) in [5.41, 5.74) is 0. The fourth-order valence-corrected chi connectivity index (χ4v) is 3.24. The third-order valence-corrected chi connectivity index (χ3v) is 5.03. The zero-order valence-corrected chi connectivity index (χ0v) is 18.5. The third-order valence-electron chi connectivity index (χ3n) is 5.03. The van der Waals surface area contributed by atoms with Crippen LogP contribution in [0, 0.1) is 0 Å². The van der Waals surface area contributed by atoms with Crippen LogP contribution in [0.1, 0.15) is 122 Å². The zero-order valence-electron chi connectivity index (χ0n) is 18.5. The Balaban J connectivity index is 3.26. The van der Waals surface area contributed by atoms with Gasteiger partial charge in [-0.25, -0.2) is 0 Å². The molecule has 2 heteroatoms. The summed E-state index contributed by atoms with van der Waals surface area (Å²) in [7, 11) is 0. The number of hydrogen-bond acceptors (Lipinski definition) is 1. The van der Waals surface area contributed by atoms with Crippen molar-refractivity contribution in [2.75, 3.05) is 0 Å². The van der Waals surface area contributed by atoms with Gasteiger partial charge in [0.05, 0.1) is 0 Å². The van der Waals surface area contributed by atoms with Gasteiger partial charge in [-0.15, -0.1) is 0 Å². The quantitative estimate of drug-likeness (QED) is 0.157. The highest BCUT2D eigenvalue weighted by Gasteiger charge is 1.96. The van der Waals surface area contributed by atoms with Crippen molar-refractivity contribution in [3.8, 4) is 0 Å². The number of carboxylic acid groups (broad SMARTS) is 1. The monoisotopic (exact) mass is 390 g/mol. The van der Waals surface area contributed by atoms with Gasteiger partial charge in [-0.2, -0.15) is 0 Å². The number of aliphatic carboxylic acids is 1. The molecule has 0 heterocycles. The van der Waals surface area contributed by atoms with E-state index in [0.29, 0.717) is 6.42 Å². The number of hydrogen-bond donors (Lipinski definition) is 1. The van der Waals surface area contributed by atoms with Crippen LogP contribution >= 0.6 is 0 Å². The average Bonchev–Trinajstić information content (AvgIpc) is 2.68. The molecule has 28 heavy (non-hydrogen) atoms. The second kappa shape index (κ2) is 23.7. The Morgan fingerprint density at radius 1 is 0.571 bits per heavy atom. The van der Waals surface area contributed by atoms with Crippen LogP contribution < -0.4 is 0 Å². The first kappa shape index (κ1) is 26.7. The highest BCUT2D eigenvalue weighted by Crippen LogP contribution is 2.10. The fraction of sp³-hybridized carbons (Fsp3) is 0.731. The highest BCUT2D eigenvalue weighted by molar-refractivity contribution is 5.66. The summed E-state index contributed by atoms with van der Waals surface area (Å²) in [6, 6.07) is 0. The maximum absolute atomic E-state index is 10.4. The Morgan fingerprint density at radius 2 is 0.964 bits per heavy atom. The van der Waals surface area contributed by atoms with E-state index in [1.54, 1.807) is 0 Å². The molecule has 0 atom stereocenters. The number of unbranched alkanes of at least 4 members (excludes halogenated alkanes) is 13. The van der Waals surface area contributed by atoms with Crippen molar-refractivity contribution in [1.29, 1.82) is 0 Å². The van der Waals surface area contributed by atoms with Crippen LogP contribution in [0.3, 0.4) is 0 Å². The van der Waals surface area contributed by atoms with Crippen molar-refractivity contribution < 1.29 is 9.90 Å². The largest absolute Gasteiger partial charge is 0.481 e. The summed E-state index contributed by atoms with van der Waals surface area (Å²) in [6.45, 7) is 2.27. The van der Waals surface area contributed by atoms with Crippen LogP contribution in [0.25, 0.3) is 0 Å². The SMILES string of the molecule is CCCCCCCCCC=CCC=CCC=CCCCCCCCCC(=O)O. The standard InChI is InChI=1S/C26H46O2/c1-2-3-4-5-6-7-8-9-10-11-12-13-14-15-16-17-18-19-20-21-22-23-24-25-26(27)28/h10-11,13-14,16-17H,2-9,12,15,18-25H2,1H3,(H,27,28). The van der Waals surface area contributed by atoms with E-state index in [2.05, 4.69) is 43.4 Å². The molecule has 0 amide bonds. The maximum atomic E-state index is 10.4. The second-order valence-electron chi connectivity index (χ2n) is 7.85. The van der Waals surface area contributed by atoms with Crippen LogP contribution in [0.5, 0.6) is 0 Å². The van der Waals surface area contributed by atoms with E-state index >= 15 is 0 Å². The zero-order chi connectivity index (χ0) is 20.5. The maximum Gasteiger partial charge on any atom is 0.303 e. The van der Waals surface area contributed by atoms with Crippen molar-refractivity contribution in [3.63, 3.8) is 0 Å². The summed E-state index contributed by atoms with van der Waals surface area (Å²) >= 11 is 0. The summed E-state index contributed by atoms with van der Waals surface area (Å²) in [5.74, 6) is -0.668. The topological polar surface area (TPSA) is 37.3 Å². The van der Waals surface area contributed by atoms with E-state index < -0.39 is 5.97 Å². The van der Waals surface area contributed by atoms with Gasteiger partial charge >= 0.3 is 5.97 Å². The minimum absolute atomic E-state index is 0.325. The van der Waals surface area contributed by atoms with Crippen LogP contribution in [-0.4, -0.2) is 11.1 Å². The number of rotatable bonds is 21. The van der Waals surface area contributed by atoms with Gasteiger partial charge in [-0.1, -0.05) is 108 Å². The molecule has 0 radical (unpaired) electrons. The molecular weight excluding hydrogens is 344 g/mol. The number of carbonyl (C=O) groups is 1. The number of allylic oxidation sites excluding steroid dienone is 6. The summed E-state index contributed by atoms with van der Waals surface area (Å²) in [5, 5.41) is 8.57. The van der Waals surface area contributed by atoms with E-state index in [4.69, 9.17) is 5.11 Å². The van der Waals surface area contributed by atoms with Crippen LogP contribution in [0.15, 0.2) is 36.5 Å². The number of carboxylic acids is 1. The Kier molecular flexibility index (Phi) is 22.6. The van der Waals surface area contributed by atoms with Gasteiger partial charge in [0.2, 0.25) is 0 Å². The van der Waals surface area contributed by atoms with Crippen molar-refractivity contribution in [2.24, 2.45) is 0 Å². The molecule has 0 fully saturated rings. The van der Waals surface area contributed by atoms with Gasteiger partial charge in [0, 0.05) is 6.42 Å². The molecule has 1 N–H and O–H groups in total. The van der Waals surface area contributed by atoms with Crippen LogP contribution in [0.2, 0.25) is 0 Å². The Bertz CT molecular complexity index is 407. The molecule has 2 nitrogen and oxygen atoms in total. The molecule has 0 aromatic rings. The lowest BCUT2D eigenvalue weighted by atomic mass is 10.1. The summed E-state index contributed by atoms with van der Waals surface area (Å²) < 4.78 is 0. The molecular formula is C26H46O2. The van der Waals surface area contributed by atoms with Crippen LogP contribution in [0.4, 0.5) is 0 Å². The van der Waals surface area contributed by atoms with Crippen LogP contribution in [-0.2, 0) is 4.79 Å². The van der Waals surface area contributed by atoms with Gasteiger partial charge in [-0.3, -0.25) is 4.79 Å². The van der Waals surface area contributed by atoms with E-state index in [1.807, 2.05) is 0 Å². The van der Waals surface area contributed by atoms with Crippen molar-refractivity contribution in [2.45, 2.75) is 122 Å². The van der Waals surface area contributed by atoms with E-state index in [9.17, 15) is 4.79 Å². The van der Waals surface area contributed by atoms with Gasteiger partial charge in [0.1, 0.15) is 0 Å². The highest BCUT2D eigenvalue weighted by atomic mass is 16.4.